The Balaban J connectivity index is 1.88. The van der Waals surface area contributed by atoms with Gasteiger partial charge in [0.1, 0.15) is 5.71 Å². The quantitative estimate of drug-likeness (QED) is 0.635. The zero-order chi connectivity index (χ0) is 15.4. The summed E-state index contributed by atoms with van der Waals surface area (Å²) in [6.45, 7) is 2.05. The van der Waals surface area contributed by atoms with Gasteiger partial charge < -0.3 is 4.84 Å². The average molecular weight is 289 g/mol. The van der Waals surface area contributed by atoms with Crippen LogP contribution < -0.4 is 0 Å². The number of rotatable bonds is 3. The highest BCUT2D eigenvalue weighted by atomic mass is 16.7. The molecule has 0 atom stereocenters. The SMILES string of the molecule is Cc1ccccc1C=CC=C1C(=O)ON=C1c1ccccc1. The number of carbonyl (C=O) groups is 1. The molecule has 0 aliphatic carbocycles. The first-order valence-corrected chi connectivity index (χ1v) is 7.05. The highest BCUT2D eigenvalue weighted by molar-refractivity contribution is 6.29. The van der Waals surface area contributed by atoms with Gasteiger partial charge in [-0.15, -0.1) is 0 Å². The highest BCUT2D eigenvalue weighted by Gasteiger charge is 2.25. The van der Waals surface area contributed by atoms with Gasteiger partial charge in [-0.05, 0) is 24.1 Å². The molecule has 2 aromatic carbocycles. The van der Waals surface area contributed by atoms with Crippen LogP contribution in [0.5, 0.6) is 0 Å². The second kappa shape index (κ2) is 6.22. The third-order valence-corrected chi connectivity index (χ3v) is 3.47. The van der Waals surface area contributed by atoms with Crippen LogP contribution in [-0.2, 0) is 9.63 Å². The summed E-state index contributed by atoms with van der Waals surface area (Å²) in [5.74, 6) is -0.423. The summed E-state index contributed by atoms with van der Waals surface area (Å²) in [7, 11) is 0. The fourth-order valence-electron chi connectivity index (χ4n) is 2.26. The van der Waals surface area contributed by atoms with Crippen LogP contribution in [0.2, 0.25) is 0 Å². The summed E-state index contributed by atoms with van der Waals surface area (Å²) < 4.78 is 0. The van der Waals surface area contributed by atoms with Crippen LogP contribution in [0.3, 0.4) is 0 Å². The van der Waals surface area contributed by atoms with Gasteiger partial charge in [0.25, 0.3) is 0 Å². The minimum atomic E-state index is -0.423. The van der Waals surface area contributed by atoms with Crippen molar-refractivity contribution in [2.45, 2.75) is 6.92 Å². The van der Waals surface area contributed by atoms with Crippen LogP contribution in [0.1, 0.15) is 16.7 Å². The van der Waals surface area contributed by atoms with Crippen molar-refractivity contribution in [3.63, 3.8) is 0 Å². The van der Waals surface area contributed by atoms with Crippen LogP contribution in [0, 0.1) is 6.92 Å². The van der Waals surface area contributed by atoms with Gasteiger partial charge in [0.2, 0.25) is 0 Å². The number of benzene rings is 2. The Bertz CT molecular complexity index is 786. The van der Waals surface area contributed by atoms with Gasteiger partial charge in [-0.3, -0.25) is 0 Å². The second-order valence-corrected chi connectivity index (χ2v) is 4.98. The number of oxime groups is 1. The van der Waals surface area contributed by atoms with Gasteiger partial charge in [0.15, 0.2) is 0 Å². The molecular weight excluding hydrogens is 274 g/mol. The zero-order valence-corrected chi connectivity index (χ0v) is 12.2. The van der Waals surface area contributed by atoms with E-state index < -0.39 is 5.97 Å². The lowest BCUT2D eigenvalue weighted by Crippen LogP contribution is -2.06. The Labute approximate surface area is 129 Å². The average Bonchev–Trinajstić information content (AvgIpc) is 2.91. The molecule has 2 aromatic rings. The molecule has 108 valence electrons. The molecule has 0 radical (unpaired) electrons. The smallest absolute Gasteiger partial charge is 0.312 e. The van der Waals surface area contributed by atoms with Crippen LogP contribution >= 0.6 is 0 Å². The Morgan fingerprint density at radius 1 is 1.00 bits per heavy atom. The fourth-order valence-corrected chi connectivity index (χ4v) is 2.26. The molecule has 1 aliphatic rings. The van der Waals surface area contributed by atoms with E-state index in [0.717, 1.165) is 11.1 Å². The topological polar surface area (TPSA) is 38.7 Å². The van der Waals surface area contributed by atoms with Crippen molar-refractivity contribution in [2.75, 3.05) is 0 Å². The molecule has 0 unspecified atom stereocenters. The Hall–Kier alpha value is -2.94. The number of hydrogen-bond acceptors (Lipinski definition) is 3. The monoisotopic (exact) mass is 289 g/mol. The lowest BCUT2D eigenvalue weighted by Gasteiger charge is -1.99. The van der Waals surface area contributed by atoms with Gasteiger partial charge in [0, 0.05) is 5.56 Å². The lowest BCUT2D eigenvalue weighted by molar-refractivity contribution is -0.136. The van der Waals surface area contributed by atoms with E-state index in [1.54, 1.807) is 6.08 Å². The number of nitrogens with zero attached hydrogens (tertiary/aromatic N) is 1. The maximum absolute atomic E-state index is 11.8. The molecule has 3 heteroatoms. The third kappa shape index (κ3) is 2.88. The first-order chi connectivity index (χ1) is 10.8. The maximum atomic E-state index is 11.8. The van der Waals surface area contributed by atoms with E-state index in [4.69, 9.17) is 4.84 Å². The lowest BCUT2D eigenvalue weighted by atomic mass is 10.0. The molecule has 0 aromatic heterocycles. The van der Waals surface area contributed by atoms with Crippen LogP contribution in [0.15, 0.2) is 77.5 Å². The molecule has 0 bridgehead atoms. The largest absolute Gasteiger partial charge is 0.368 e. The Morgan fingerprint density at radius 3 is 2.50 bits per heavy atom. The van der Waals surface area contributed by atoms with E-state index in [-0.39, 0.29) is 0 Å². The minimum Gasteiger partial charge on any atom is -0.312 e. The Morgan fingerprint density at radius 2 is 1.73 bits per heavy atom. The van der Waals surface area contributed by atoms with Gasteiger partial charge >= 0.3 is 5.97 Å². The predicted molar refractivity (Wildman–Crippen MR) is 87.4 cm³/mol. The van der Waals surface area contributed by atoms with E-state index in [1.165, 1.54) is 5.56 Å². The van der Waals surface area contributed by atoms with Crippen molar-refractivity contribution in [3.05, 3.63) is 89.0 Å². The second-order valence-electron chi connectivity index (χ2n) is 4.98. The molecule has 3 nitrogen and oxygen atoms in total. The van der Waals surface area contributed by atoms with Crippen molar-refractivity contribution in [1.29, 1.82) is 0 Å². The first-order valence-electron chi connectivity index (χ1n) is 7.05. The molecule has 3 rings (SSSR count). The predicted octanol–water partition coefficient (Wildman–Crippen LogP) is 3.90. The number of carbonyl (C=O) groups excluding carboxylic acids is 1. The molecule has 1 aliphatic heterocycles. The summed E-state index contributed by atoms with van der Waals surface area (Å²) in [6, 6.07) is 17.6. The molecule has 0 N–H and O–H groups in total. The summed E-state index contributed by atoms with van der Waals surface area (Å²) >= 11 is 0. The van der Waals surface area contributed by atoms with Crippen molar-refractivity contribution < 1.29 is 9.63 Å². The van der Waals surface area contributed by atoms with Crippen molar-refractivity contribution in [1.82, 2.24) is 0 Å². The van der Waals surface area contributed by atoms with Gasteiger partial charge in [-0.25, -0.2) is 4.79 Å². The Kier molecular flexibility index (Phi) is 3.97. The van der Waals surface area contributed by atoms with Gasteiger partial charge in [-0.1, -0.05) is 71.9 Å². The zero-order valence-electron chi connectivity index (χ0n) is 12.2. The number of hydrogen-bond donors (Lipinski definition) is 0. The van der Waals surface area contributed by atoms with Crippen molar-refractivity contribution >= 4 is 17.8 Å². The fraction of sp³-hybridized carbons (Fsp3) is 0.0526. The standard InChI is InChI=1S/C19H15NO2/c1-14-8-5-6-9-15(14)12-7-13-17-18(20-22-19(17)21)16-10-3-2-4-11-16/h2-13H,1H3. The normalized spacial score (nSPS) is 16.1. The molecule has 0 amide bonds. The molecule has 22 heavy (non-hydrogen) atoms. The van der Waals surface area contributed by atoms with Crippen molar-refractivity contribution in [2.24, 2.45) is 5.16 Å². The van der Waals surface area contributed by atoms with Crippen LogP contribution in [0.4, 0.5) is 0 Å². The molecule has 1 heterocycles. The maximum Gasteiger partial charge on any atom is 0.368 e. The molecule has 0 saturated carbocycles. The van der Waals surface area contributed by atoms with E-state index in [0.29, 0.717) is 11.3 Å². The minimum absolute atomic E-state index is 0.423. The van der Waals surface area contributed by atoms with Crippen LogP contribution in [0.25, 0.3) is 6.08 Å². The molecule has 0 saturated heterocycles. The van der Waals surface area contributed by atoms with Crippen molar-refractivity contribution in [3.8, 4) is 0 Å². The third-order valence-electron chi connectivity index (χ3n) is 3.47. The van der Waals surface area contributed by atoms with Gasteiger partial charge in [0.05, 0.1) is 5.57 Å². The molecular formula is C19H15NO2. The van der Waals surface area contributed by atoms with E-state index in [9.17, 15) is 4.79 Å². The first kappa shape index (κ1) is 14.0. The molecule has 0 fully saturated rings. The number of allylic oxidation sites excluding steroid dienone is 2. The van der Waals surface area contributed by atoms with E-state index >= 15 is 0 Å². The van der Waals surface area contributed by atoms with Crippen LogP contribution in [-0.4, -0.2) is 11.7 Å². The summed E-state index contributed by atoms with van der Waals surface area (Å²) in [6.07, 6.45) is 5.56. The summed E-state index contributed by atoms with van der Waals surface area (Å²) in [5, 5.41) is 3.88. The van der Waals surface area contributed by atoms with E-state index in [2.05, 4.69) is 5.16 Å². The number of aryl methyl sites for hydroxylation is 1. The van der Waals surface area contributed by atoms with Gasteiger partial charge in [-0.2, -0.15) is 0 Å². The van der Waals surface area contributed by atoms with E-state index in [1.807, 2.05) is 73.7 Å². The molecule has 0 spiro atoms. The summed E-state index contributed by atoms with van der Waals surface area (Å²) in [4.78, 5) is 16.6. The highest BCUT2D eigenvalue weighted by Crippen LogP contribution is 2.18. The summed E-state index contributed by atoms with van der Waals surface area (Å²) in [5.41, 5.74) is 4.20.